The van der Waals surface area contributed by atoms with E-state index in [1.54, 1.807) is 0 Å². The molecule has 0 radical (unpaired) electrons. The lowest BCUT2D eigenvalue weighted by Crippen LogP contribution is -2.39. The minimum atomic E-state index is 0.603. The van der Waals surface area contributed by atoms with E-state index in [0.717, 1.165) is 42.4 Å². The summed E-state index contributed by atoms with van der Waals surface area (Å²) in [5.74, 6) is 5.21. The Bertz CT molecular complexity index is 445. The average molecular weight is 260 g/mol. The molecule has 1 aliphatic heterocycles. The first-order chi connectivity index (χ1) is 9.15. The number of hydrogen-bond acceptors (Lipinski definition) is 4. The summed E-state index contributed by atoms with van der Waals surface area (Å²) < 4.78 is 0. The second-order valence-electron chi connectivity index (χ2n) is 6.34. The molecule has 2 fully saturated rings. The van der Waals surface area contributed by atoms with E-state index >= 15 is 0 Å². The molecule has 1 aliphatic carbocycles. The molecule has 104 valence electrons. The zero-order valence-corrected chi connectivity index (χ0v) is 12.2. The number of rotatable bonds is 3. The van der Waals surface area contributed by atoms with E-state index in [1.165, 1.54) is 19.3 Å². The van der Waals surface area contributed by atoms with Gasteiger partial charge in [-0.25, -0.2) is 9.97 Å². The third-order valence-corrected chi connectivity index (χ3v) is 4.12. The molecule has 4 nitrogen and oxygen atoms in total. The summed E-state index contributed by atoms with van der Waals surface area (Å²) in [5, 5.41) is 3.17. The maximum absolute atomic E-state index is 4.81. The van der Waals surface area contributed by atoms with Gasteiger partial charge < -0.3 is 10.2 Å². The van der Waals surface area contributed by atoms with Crippen LogP contribution in [0.15, 0.2) is 6.07 Å². The molecule has 1 saturated heterocycles. The fourth-order valence-corrected chi connectivity index (χ4v) is 3.12. The monoisotopic (exact) mass is 260 g/mol. The highest BCUT2D eigenvalue weighted by molar-refractivity contribution is 5.50. The topological polar surface area (TPSA) is 41.0 Å². The molecular weight excluding hydrogens is 236 g/mol. The predicted molar refractivity (Wildman–Crippen MR) is 78.7 cm³/mol. The minimum Gasteiger partial charge on any atom is -0.373 e. The van der Waals surface area contributed by atoms with E-state index in [2.05, 4.69) is 35.1 Å². The Morgan fingerprint density at radius 2 is 1.84 bits per heavy atom. The molecule has 1 saturated carbocycles. The van der Waals surface area contributed by atoms with Gasteiger partial charge in [0.2, 0.25) is 0 Å². The zero-order valence-electron chi connectivity index (χ0n) is 12.2. The number of hydrogen-bond donors (Lipinski definition) is 1. The smallest absolute Gasteiger partial charge is 0.136 e. The first kappa shape index (κ1) is 12.7. The lowest BCUT2D eigenvalue weighted by atomic mass is 9.92. The quantitative estimate of drug-likeness (QED) is 0.907. The zero-order chi connectivity index (χ0) is 13.4. The molecule has 3 rings (SSSR count). The highest BCUT2D eigenvalue weighted by Gasteiger charge is 2.29. The molecule has 2 atom stereocenters. The molecule has 2 aliphatic rings. The van der Waals surface area contributed by atoms with Gasteiger partial charge in [0.25, 0.3) is 0 Å². The van der Waals surface area contributed by atoms with Crippen molar-refractivity contribution in [3.05, 3.63) is 11.9 Å². The van der Waals surface area contributed by atoms with E-state index in [4.69, 9.17) is 4.98 Å². The third-order valence-electron chi connectivity index (χ3n) is 4.12. The van der Waals surface area contributed by atoms with Crippen molar-refractivity contribution in [3.8, 4) is 0 Å². The van der Waals surface area contributed by atoms with Crippen LogP contribution in [-0.4, -0.2) is 30.1 Å². The summed E-state index contributed by atoms with van der Waals surface area (Å²) in [6, 6.07) is 2.09. The largest absolute Gasteiger partial charge is 0.373 e. The summed E-state index contributed by atoms with van der Waals surface area (Å²) in [5.41, 5.74) is 0. The van der Waals surface area contributed by atoms with Crippen LogP contribution in [0.4, 0.5) is 11.6 Å². The fourth-order valence-electron chi connectivity index (χ4n) is 3.12. The third kappa shape index (κ3) is 2.82. The van der Waals surface area contributed by atoms with Crippen molar-refractivity contribution in [2.75, 3.05) is 30.4 Å². The molecule has 2 unspecified atom stereocenters. The maximum atomic E-state index is 4.81. The summed E-state index contributed by atoms with van der Waals surface area (Å²) >= 11 is 0. The molecule has 4 heteroatoms. The van der Waals surface area contributed by atoms with Crippen LogP contribution in [0.25, 0.3) is 0 Å². The molecule has 1 aromatic heterocycles. The number of piperidine rings is 1. The standard InChI is InChI=1S/C15H24N4/c1-10-6-11(2)9-19(8-10)14-7-13(16-3)17-15(18-14)12-4-5-12/h7,10-12H,4-6,8-9H2,1-3H3,(H,16,17,18). The van der Waals surface area contributed by atoms with Gasteiger partial charge in [-0.05, 0) is 31.1 Å². The second-order valence-corrected chi connectivity index (χ2v) is 6.34. The molecule has 0 amide bonds. The average Bonchev–Trinajstić information content (AvgIpc) is 3.21. The van der Waals surface area contributed by atoms with Crippen LogP contribution in [0.5, 0.6) is 0 Å². The molecule has 19 heavy (non-hydrogen) atoms. The van der Waals surface area contributed by atoms with Crippen molar-refractivity contribution in [2.24, 2.45) is 11.8 Å². The number of nitrogens with one attached hydrogen (secondary N) is 1. The Labute approximate surface area is 115 Å². The van der Waals surface area contributed by atoms with Gasteiger partial charge in [-0.2, -0.15) is 0 Å². The minimum absolute atomic E-state index is 0.603. The van der Waals surface area contributed by atoms with Crippen molar-refractivity contribution < 1.29 is 0 Å². The Hall–Kier alpha value is -1.32. The normalized spacial score (nSPS) is 27.4. The van der Waals surface area contributed by atoms with Gasteiger partial charge in [-0.15, -0.1) is 0 Å². The van der Waals surface area contributed by atoms with Gasteiger partial charge in [0.05, 0.1) is 0 Å². The van der Waals surface area contributed by atoms with Gasteiger partial charge in [0.15, 0.2) is 0 Å². The molecule has 0 bridgehead atoms. The van der Waals surface area contributed by atoms with Crippen LogP contribution in [0, 0.1) is 11.8 Å². The fraction of sp³-hybridized carbons (Fsp3) is 0.733. The van der Waals surface area contributed by atoms with Crippen molar-refractivity contribution >= 4 is 11.6 Å². The number of aromatic nitrogens is 2. The molecule has 0 aromatic carbocycles. The van der Waals surface area contributed by atoms with Gasteiger partial charge in [0, 0.05) is 32.1 Å². The van der Waals surface area contributed by atoms with Gasteiger partial charge in [0.1, 0.15) is 17.5 Å². The van der Waals surface area contributed by atoms with E-state index in [1.807, 2.05) is 7.05 Å². The lowest BCUT2D eigenvalue weighted by molar-refractivity contribution is 0.355. The van der Waals surface area contributed by atoms with Crippen molar-refractivity contribution in [1.29, 1.82) is 0 Å². The number of nitrogens with zero attached hydrogens (tertiary/aromatic N) is 3. The Morgan fingerprint density at radius 1 is 1.16 bits per heavy atom. The summed E-state index contributed by atoms with van der Waals surface area (Å²) in [4.78, 5) is 11.8. The summed E-state index contributed by atoms with van der Waals surface area (Å²) in [6.07, 6.45) is 3.83. The van der Waals surface area contributed by atoms with Crippen LogP contribution in [-0.2, 0) is 0 Å². The highest BCUT2D eigenvalue weighted by Crippen LogP contribution is 2.39. The van der Waals surface area contributed by atoms with Gasteiger partial charge >= 0.3 is 0 Å². The van der Waals surface area contributed by atoms with Crippen LogP contribution in [0.1, 0.15) is 44.9 Å². The molecule has 1 aromatic rings. The lowest BCUT2D eigenvalue weighted by Gasteiger charge is -2.36. The Morgan fingerprint density at radius 3 is 2.42 bits per heavy atom. The Balaban J connectivity index is 1.87. The molecule has 1 N–H and O–H groups in total. The van der Waals surface area contributed by atoms with Crippen LogP contribution < -0.4 is 10.2 Å². The van der Waals surface area contributed by atoms with E-state index in [9.17, 15) is 0 Å². The molecule has 2 heterocycles. The first-order valence-corrected chi connectivity index (χ1v) is 7.47. The molecular formula is C15H24N4. The van der Waals surface area contributed by atoms with Crippen LogP contribution >= 0.6 is 0 Å². The predicted octanol–water partition coefficient (Wildman–Crippen LogP) is 2.88. The highest BCUT2D eigenvalue weighted by atomic mass is 15.2. The van der Waals surface area contributed by atoms with E-state index in [-0.39, 0.29) is 0 Å². The van der Waals surface area contributed by atoms with Crippen LogP contribution in [0.3, 0.4) is 0 Å². The van der Waals surface area contributed by atoms with E-state index < -0.39 is 0 Å². The number of anilines is 2. The summed E-state index contributed by atoms with van der Waals surface area (Å²) in [6.45, 7) is 6.92. The van der Waals surface area contributed by atoms with E-state index in [0.29, 0.717) is 5.92 Å². The Kier molecular flexibility index (Phi) is 3.33. The van der Waals surface area contributed by atoms with Gasteiger partial charge in [-0.3, -0.25) is 0 Å². The second kappa shape index (κ2) is 4.99. The van der Waals surface area contributed by atoms with Gasteiger partial charge in [-0.1, -0.05) is 13.8 Å². The SMILES string of the molecule is CNc1cc(N2CC(C)CC(C)C2)nc(C2CC2)n1. The molecule has 0 spiro atoms. The van der Waals surface area contributed by atoms with Crippen molar-refractivity contribution in [1.82, 2.24) is 9.97 Å². The first-order valence-electron chi connectivity index (χ1n) is 7.47. The summed E-state index contributed by atoms with van der Waals surface area (Å²) in [7, 11) is 1.93. The van der Waals surface area contributed by atoms with Crippen molar-refractivity contribution in [3.63, 3.8) is 0 Å². The van der Waals surface area contributed by atoms with Crippen molar-refractivity contribution in [2.45, 2.75) is 39.0 Å². The van der Waals surface area contributed by atoms with Crippen LogP contribution in [0.2, 0.25) is 0 Å². The maximum Gasteiger partial charge on any atom is 0.136 e.